The number of carboxylic acids is 1. The van der Waals surface area contributed by atoms with Crippen LogP contribution in [-0.2, 0) is 22.4 Å². The second kappa shape index (κ2) is 9.84. The lowest BCUT2D eigenvalue weighted by atomic mass is 10.0. The highest BCUT2D eigenvalue weighted by Crippen LogP contribution is 2.29. The maximum absolute atomic E-state index is 11.8. The summed E-state index contributed by atoms with van der Waals surface area (Å²) in [4.78, 5) is 22.3. The third-order valence-electron chi connectivity index (χ3n) is 3.01. The van der Waals surface area contributed by atoms with Crippen molar-refractivity contribution in [1.82, 2.24) is 0 Å². The lowest BCUT2D eigenvalue weighted by Crippen LogP contribution is -2.11. The number of hydrogen-bond acceptors (Lipinski definition) is 3. The fraction of sp³-hybridized carbons (Fsp3) is 0.158. The van der Waals surface area contributed by atoms with E-state index in [-0.39, 0.29) is 0 Å². The molecule has 1 aromatic carbocycles. The van der Waals surface area contributed by atoms with Crippen LogP contribution in [0, 0.1) is 0 Å². The van der Waals surface area contributed by atoms with E-state index in [4.69, 9.17) is 9.84 Å². The molecule has 0 aliphatic carbocycles. The highest BCUT2D eigenvalue weighted by atomic mass is 16.5. The van der Waals surface area contributed by atoms with E-state index in [1.54, 1.807) is 24.3 Å². The van der Waals surface area contributed by atoms with Crippen LogP contribution < -0.4 is 10.1 Å². The zero-order chi connectivity index (χ0) is 17.9. The van der Waals surface area contributed by atoms with Crippen LogP contribution in [0.1, 0.15) is 11.1 Å². The Balaban J connectivity index is 3.20. The van der Waals surface area contributed by atoms with Gasteiger partial charge < -0.3 is 15.2 Å². The van der Waals surface area contributed by atoms with E-state index < -0.39 is 11.9 Å². The number of ether oxygens (including phenoxy) is 1. The SMILES string of the molecule is C=CCOc1cc(NC(=O)/C=C\C(=O)O)c(CC=C)cc1CC=C. The summed E-state index contributed by atoms with van der Waals surface area (Å²) in [5.74, 6) is -1.11. The van der Waals surface area contributed by atoms with Gasteiger partial charge in [0.25, 0.3) is 0 Å². The number of allylic oxidation sites excluding steroid dienone is 2. The molecule has 0 unspecified atom stereocenters. The fourth-order valence-corrected chi connectivity index (χ4v) is 2.04. The Labute approximate surface area is 141 Å². The number of carboxylic acid groups (broad SMARTS) is 1. The van der Waals surface area contributed by atoms with E-state index in [0.717, 1.165) is 23.3 Å². The maximum atomic E-state index is 11.8. The highest BCUT2D eigenvalue weighted by Gasteiger charge is 2.11. The lowest BCUT2D eigenvalue weighted by Gasteiger charge is -2.15. The summed E-state index contributed by atoms with van der Waals surface area (Å²) in [6, 6.07) is 3.63. The van der Waals surface area contributed by atoms with Crippen LogP contribution in [0.15, 0.2) is 62.2 Å². The molecule has 0 heterocycles. The molecule has 0 aliphatic rings. The number of carbonyl (C=O) groups is 2. The third-order valence-corrected chi connectivity index (χ3v) is 3.01. The lowest BCUT2D eigenvalue weighted by molar-refractivity contribution is -0.131. The van der Waals surface area contributed by atoms with Crippen LogP contribution in [0.25, 0.3) is 0 Å². The molecular weight excluding hydrogens is 306 g/mol. The standard InChI is InChI=1S/C19H21NO4/c1-4-7-14-12-15(8-5-2)17(24-11-6-3)13-16(14)20-18(21)9-10-19(22)23/h4-6,9-10,12-13H,1-3,7-8,11H2,(H,20,21)(H,22,23)/b10-9-. The molecule has 1 amide bonds. The second-order valence-corrected chi connectivity index (χ2v) is 4.86. The summed E-state index contributed by atoms with van der Waals surface area (Å²) in [5, 5.41) is 11.3. The van der Waals surface area contributed by atoms with E-state index in [2.05, 4.69) is 25.1 Å². The Bertz CT molecular complexity index is 674. The van der Waals surface area contributed by atoms with Crippen molar-refractivity contribution < 1.29 is 19.4 Å². The van der Waals surface area contributed by atoms with Gasteiger partial charge in [0, 0.05) is 23.9 Å². The first-order chi connectivity index (χ1) is 11.5. The molecule has 0 aliphatic heterocycles. The molecule has 0 atom stereocenters. The van der Waals surface area contributed by atoms with Gasteiger partial charge in [0.05, 0.1) is 0 Å². The van der Waals surface area contributed by atoms with Gasteiger partial charge in [-0.25, -0.2) is 4.79 Å². The Morgan fingerprint density at radius 2 is 1.71 bits per heavy atom. The topological polar surface area (TPSA) is 75.6 Å². The van der Waals surface area contributed by atoms with Crippen LogP contribution in [0.5, 0.6) is 5.75 Å². The van der Waals surface area contributed by atoms with Gasteiger partial charge in [-0.1, -0.05) is 24.8 Å². The summed E-state index contributed by atoms with van der Waals surface area (Å²) < 4.78 is 5.64. The van der Waals surface area contributed by atoms with Crippen molar-refractivity contribution in [1.29, 1.82) is 0 Å². The van der Waals surface area contributed by atoms with Crippen molar-refractivity contribution >= 4 is 17.6 Å². The monoisotopic (exact) mass is 327 g/mol. The molecule has 1 rings (SSSR count). The molecule has 0 aromatic heterocycles. The second-order valence-electron chi connectivity index (χ2n) is 4.86. The molecule has 1 aromatic rings. The van der Waals surface area contributed by atoms with E-state index in [0.29, 0.717) is 30.9 Å². The molecule has 0 bridgehead atoms. The number of aliphatic carboxylic acids is 1. The predicted octanol–water partition coefficient (Wildman–Crippen LogP) is 3.29. The third kappa shape index (κ3) is 5.96. The number of carbonyl (C=O) groups excluding carboxylic acids is 1. The molecule has 0 fully saturated rings. The largest absolute Gasteiger partial charge is 0.489 e. The predicted molar refractivity (Wildman–Crippen MR) is 95.3 cm³/mol. The number of amides is 1. The van der Waals surface area contributed by atoms with Gasteiger partial charge in [-0.05, 0) is 30.0 Å². The Hall–Kier alpha value is -3.08. The quantitative estimate of drug-likeness (QED) is 0.511. The van der Waals surface area contributed by atoms with Gasteiger partial charge in [0.2, 0.25) is 5.91 Å². The number of benzene rings is 1. The minimum absolute atomic E-state index is 0.331. The molecule has 0 spiro atoms. The van der Waals surface area contributed by atoms with Crippen molar-refractivity contribution in [2.75, 3.05) is 11.9 Å². The Morgan fingerprint density at radius 3 is 2.29 bits per heavy atom. The number of anilines is 1. The zero-order valence-electron chi connectivity index (χ0n) is 13.5. The summed E-state index contributed by atoms with van der Waals surface area (Å²) in [6.45, 7) is 11.4. The molecule has 2 N–H and O–H groups in total. The van der Waals surface area contributed by atoms with Crippen LogP contribution >= 0.6 is 0 Å². The Morgan fingerprint density at radius 1 is 1.04 bits per heavy atom. The molecular formula is C19H21NO4. The average molecular weight is 327 g/mol. The van der Waals surface area contributed by atoms with E-state index in [1.807, 2.05) is 6.07 Å². The molecule has 126 valence electrons. The molecule has 24 heavy (non-hydrogen) atoms. The number of nitrogens with one attached hydrogen (secondary N) is 1. The highest BCUT2D eigenvalue weighted by molar-refractivity contribution is 6.02. The number of rotatable bonds is 10. The summed E-state index contributed by atoms with van der Waals surface area (Å²) in [7, 11) is 0. The zero-order valence-corrected chi connectivity index (χ0v) is 13.5. The maximum Gasteiger partial charge on any atom is 0.328 e. The van der Waals surface area contributed by atoms with Crippen molar-refractivity contribution in [3.05, 3.63) is 73.4 Å². The normalized spacial score (nSPS) is 10.2. The number of hydrogen-bond donors (Lipinski definition) is 2. The van der Waals surface area contributed by atoms with Gasteiger partial charge in [-0.2, -0.15) is 0 Å². The van der Waals surface area contributed by atoms with Crippen LogP contribution in [-0.4, -0.2) is 23.6 Å². The van der Waals surface area contributed by atoms with Gasteiger partial charge in [0.1, 0.15) is 12.4 Å². The minimum atomic E-state index is -1.19. The van der Waals surface area contributed by atoms with Crippen molar-refractivity contribution in [2.45, 2.75) is 12.8 Å². The Kier molecular flexibility index (Phi) is 7.78. The van der Waals surface area contributed by atoms with Crippen molar-refractivity contribution in [3.8, 4) is 5.75 Å². The van der Waals surface area contributed by atoms with Crippen LogP contribution in [0.3, 0.4) is 0 Å². The minimum Gasteiger partial charge on any atom is -0.489 e. The van der Waals surface area contributed by atoms with Crippen LogP contribution in [0.4, 0.5) is 5.69 Å². The van der Waals surface area contributed by atoms with Crippen molar-refractivity contribution in [2.24, 2.45) is 0 Å². The van der Waals surface area contributed by atoms with Gasteiger partial charge in [0.15, 0.2) is 0 Å². The fourth-order valence-electron chi connectivity index (χ4n) is 2.04. The van der Waals surface area contributed by atoms with Crippen LogP contribution in [0.2, 0.25) is 0 Å². The van der Waals surface area contributed by atoms with Gasteiger partial charge in [-0.15, -0.1) is 13.2 Å². The first kappa shape index (κ1) is 19.0. The summed E-state index contributed by atoms with van der Waals surface area (Å²) in [5.41, 5.74) is 2.33. The molecule has 5 nitrogen and oxygen atoms in total. The van der Waals surface area contributed by atoms with E-state index in [1.165, 1.54) is 0 Å². The first-order valence-electron chi connectivity index (χ1n) is 7.35. The smallest absolute Gasteiger partial charge is 0.328 e. The average Bonchev–Trinajstić information content (AvgIpc) is 2.54. The molecule has 0 saturated carbocycles. The van der Waals surface area contributed by atoms with E-state index in [9.17, 15) is 9.59 Å². The van der Waals surface area contributed by atoms with Gasteiger partial charge in [-0.3, -0.25) is 4.79 Å². The van der Waals surface area contributed by atoms with Gasteiger partial charge >= 0.3 is 5.97 Å². The molecule has 0 saturated heterocycles. The molecule has 0 radical (unpaired) electrons. The summed E-state index contributed by atoms with van der Waals surface area (Å²) in [6.07, 6.45) is 8.02. The molecule has 5 heteroatoms. The van der Waals surface area contributed by atoms with Crippen molar-refractivity contribution in [3.63, 3.8) is 0 Å². The summed E-state index contributed by atoms with van der Waals surface area (Å²) >= 11 is 0. The first-order valence-corrected chi connectivity index (χ1v) is 7.35. The van der Waals surface area contributed by atoms with E-state index >= 15 is 0 Å².